The molecule has 0 aliphatic carbocycles. The van der Waals surface area contributed by atoms with E-state index in [4.69, 9.17) is 17.3 Å². The van der Waals surface area contributed by atoms with Gasteiger partial charge in [-0.2, -0.15) is 0 Å². The maximum Gasteiger partial charge on any atom is 0.264 e. The fourth-order valence-corrected chi connectivity index (χ4v) is 4.86. The van der Waals surface area contributed by atoms with Crippen molar-refractivity contribution in [3.05, 3.63) is 52.5 Å². The molecule has 1 aliphatic rings. The number of rotatable bonds is 2. The van der Waals surface area contributed by atoms with Crippen LogP contribution in [0.15, 0.2) is 41.3 Å². The number of anilines is 2. The first-order valence-electron chi connectivity index (χ1n) is 7.07. The molecule has 116 valence electrons. The largest absolute Gasteiger partial charge is 0.398 e. The van der Waals surface area contributed by atoms with E-state index in [1.54, 1.807) is 31.2 Å². The number of fused-ring (bicyclic) bond motifs is 1. The Hall–Kier alpha value is -1.72. The average Bonchev–Trinajstić information content (AvgIpc) is 2.49. The van der Waals surface area contributed by atoms with Gasteiger partial charge < -0.3 is 5.73 Å². The van der Waals surface area contributed by atoms with Gasteiger partial charge in [0.05, 0.1) is 10.6 Å². The summed E-state index contributed by atoms with van der Waals surface area (Å²) >= 11 is 5.98. The zero-order valence-electron chi connectivity index (χ0n) is 12.2. The van der Waals surface area contributed by atoms with Gasteiger partial charge in [0, 0.05) is 17.3 Å². The molecule has 1 aliphatic heterocycles. The van der Waals surface area contributed by atoms with Gasteiger partial charge in [0.2, 0.25) is 0 Å². The fraction of sp³-hybridized carbons (Fsp3) is 0.250. The van der Waals surface area contributed by atoms with Crippen LogP contribution in [-0.2, 0) is 16.4 Å². The molecule has 0 fully saturated rings. The second kappa shape index (κ2) is 5.48. The van der Waals surface area contributed by atoms with E-state index in [0.29, 0.717) is 28.5 Å². The summed E-state index contributed by atoms with van der Waals surface area (Å²) in [4.78, 5) is 0.246. The van der Waals surface area contributed by atoms with E-state index in [1.165, 1.54) is 10.4 Å². The Morgan fingerprint density at radius 2 is 2.00 bits per heavy atom. The summed E-state index contributed by atoms with van der Waals surface area (Å²) < 4.78 is 27.6. The Labute approximate surface area is 135 Å². The molecule has 0 saturated carbocycles. The molecule has 0 bridgehead atoms. The first-order chi connectivity index (χ1) is 10.4. The lowest BCUT2D eigenvalue weighted by Crippen LogP contribution is -2.36. The van der Waals surface area contributed by atoms with Gasteiger partial charge in [-0.25, -0.2) is 8.42 Å². The Kier molecular flexibility index (Phi) is 3.78. The number of halogens is 1. The molecule has 0 aromatic heterocycles. The lowest BCUT2D eigenvalue weighted by molar-refractivity contribution is 0.586. The molecule has 2 aromatic rings. The van der Waals surface area contributed by atoms with Gasteiger partial charge in [0.25, 0.3) is 10.0 Å². The minimum absolute atomic E-state index is 0.246. The van der Waals surface area contributed by atoms with Crippen LogP contribution in [0.4, 0.5) is 11.4 Å². The number of hydrogen-bond acceptors (Lipinski definition) is 3. The van der Waals surface area contributed by atoms with Crippen LogP contribution >= 0.6 is 11.6 Å². The molecule has 0 atom stereocenters. The number of sulfonamides is 1. The van der Waals surface area contributed by atoms with Gasteiger partial charge in [-0.1, -0.05) is 23.7 Å². The zero-order chi connectivity index (χ0) is 15.9. The van der Waals surface area contributed by atoms with E-state index in [-0.39, 0.29) is 4.90 Å². The molecule has 22 heavy (non-hydrogen) atoms. The Bertz CT molecular complexity index is 834. The highest BCUT2D eigenvalue weighted by Gasteiger charge is 2.30. The summed E-state index contributed by atoms with van der Waals surface area (Å²) in [6.07, 6.45) is 1.54. The minimum atomic E-state index is -3.65. The predicted molar refractivity (Wildman–Crippen MR) is 89.9 cm³/mol. The summed E-state index contributed by atoms with van der Waals surface area (Å²) in [5.41, 5.74) is 8.89. The first kappa shape index (κ1) is 15.2. The molecular formula is C16H17ClN2O2S. The number of nitrogens with zero attached hydrogens (tertiary/aromatic N) is 1. The topological polar surface area (TPSA) is 63.4 Å². The lowest BCUT2D eigenvalue weighted by Gasteiger charge is -2.31. The second-order valence-electron chi connectivity index (χ2n) is 5.44. The number of aryl methyl sites for hydroxylation is 1. The number of nitrogens with two attached hydrogens (primary N) is 1. The van der Waals surface area contributed by atoms with Gasteiger partial charge in [0.15, 0.2) is 0 Å². The van der Waals surface area contributed by atoms with Crippen molar-refractivity contribution in [2.45, 2.75) is 24.7 Å². The zero-order valence-corrected chi connectivity index (χ0v) is 13.8. The van der Waals surface area contributed by atoms with E-state index in [0.717, 1.165) is 18.4 Å². The molecule has 1 heterocycles. The third-order valence-corrected chi connectivity index (χ3v) is 6.15. The van der Waals surface area contributed by atoms with Crippen LogP contribution < -0.4 is 10.0 Å². The van der Waals surface area contributed by atoms with Crippen LogP contribution in [0.1, 0.15) is 17.5 Å². The molecule has 0 amide bonds. The van der Waals surface area contributed by atoms with Crippen molar-refractivity contribution in [2.75, 3.05) is 16.6 Å². The van der Waals surface area contributed by atoms with Crippen LogP contribution in [0.25, 0.3) is 0 Å². The number of nitrogen functional groups attached to an aromatic ring is 1. The van der Waals surface area contributed by atoms with Crippen molar-refractivity contribution in [3.63, 3.8) is 0 Å². The van der Waals surface area contributed by atoms with Crippen LogP contribution in [0.3, 0.4) is 0 Å². The summed E-state index contributed by atoms with van der Waals surface area (Å²) in [6.45, 7) is 2.22. The predicted octanol–water partition coefficient (Wildman–Crippen LogP) is 3.37. The van der Waals surface area contributed by atoms with E-state index < -0.39 is 10.0 Å². The van der Waals surface area contributed by atoms with Gasteiger partial charge in [-0.05, 0) is 55.2 Å². The summed E-state index contributed by atoms with van der Waals surface area (Å²) in [5, 5.41) is 0.411. The molecule has 0 spiro atoms. The van der Waals surface area contributed by atoms with E-state index >= 15 is 0 Å². The Balaban J connectivity index is 2.16. The third kappa shape index (κ3) is 2.44. The normalized spacial score (nSPS) is 14.7. The molecule has 2 aromatic carbocycles. The van der Waals surface area contributed by atoms with Crippen LogP contribution in [0, 0.1) is 6.92 Å². The Morgan fingerprint density at radius 3 is 2.77 bits per heavy atom. The summed E-state index contributed by atoms with van der Waals surface area (Å²) in [7, 11) is -3.65. The van der Waals surface area contributed by atoms with Crippen LogP contribution in [0.5, 0.6) is 0 Å². The molecule has 4 nitrogen and oxygen atoms in total. The molecule has 0 saturated heterocycles. The van der Waals surface area contributed by atoms with Crippen molar-refractivity contribution < 1.29 is 8.42 Å². The lowest BCUT2D eigenvalue weighted by atomic mass is 10.0. The van der Waals surface area contributed by atoms with Gasteiger partial charge >= 0.3 is 0 Å². The van der Waals surface area contributed by atoms with E-state index in [9.17, 15) is 8.42 Å². The highest BCUT2D eigenvalue weighted by atomic mass is 35.5. The molecule has 0 unspecified atom stereocenters. The maximum absolute atomic E-state index is 13.1. The standard InChI is InChI=1S/C16H17ClN2O2S/c1-11-7-8-12(17)10-16(11)22(20,21)19-9-3-4-13-14(18)5-2-6-15(13)19/h2,5-8,10H,3-4,9,18H2,1H3. The van der Waals surface area contributed by atoms with Crippen molar-refractivity contribution in [1.29, 1.82) is 0 Å². The maximum atomic E-state index is 13.1. The van der Waals surface area contributed by atoms with Gasteiger partial charge in [-0.15, -0.1) is 0 Å². The third-order valence-electron chi connectivity index (χ3n) is 3.96. The smallest absolute Gasteiger partial charge is 0.264 e. The molecule has 3 rings (SSSR count). The van der Waals surface area contributed by atoms with Gasteiger partial charge in [-0.3, -0.25) is 4.31 Å². The summed E-state index contributed by atoms with van der Waals surface area (Å²) in [6, 6.07) is 10.3. The highest BCUT2D eigenvalue weighted by Crippen LogP contribution is 2.36. The van der Waals surface area contributed by atoms with E-state index in [2.05, 4.69) is 0 Å². The van der Waals surface area contributed by atoms with Crippen LogP contribution in [-0.4, -0.2) is 15.0 Å². The number of hydrogen-bond donors (Lipinski definition) is 1. The minimum Gasteiger partial charge on any atom is -0.398 e. The monoisotopic (exact) mass is 336 g/mol. The SMILES string of the molecule is Cc1ccc(Cl)cc1S(=O)(=O)N1CCCc2c(N)cccc21. The quantitative estimate of drug-likeness (QED) is 0.855. The van der Waals surface area contributed by atoms with Crippen molar-refractivity contribution in [3.8, 4) is 0 Å². The Morgan fingerprint density at radius 1 is 1.23 bits per heavy atom. The van der Waals surface area contributed by atoms with Crippen LogP contribution in [0.2, 0.25) is 5.02 Å². The number of benzene rings is 2. The highest BCUT2D eigenvalue weighted by molar-refractivity contribution is 7.92. The second-order valence-corrected chi connectivity index (χ2v) is 7.70. The van der Waals surface area contributed by atoms with Gasteiger partial charge in [0.1, 0.15) is 0 Å². The fourth-order valence-electron chi connectivity index (χ4n) is 2.84. The van der Waals surface area contributed by atoms with Crippen molar-refractivity contribution in [2.24, 2.45) is 0 Å². The first-order valence-corrected chi connectivity index (χ1v) is 8.89. The van der Waals surface area contributed by atoms with E-state index in [1.807, 2.05) is 6.07 Å². The van der Waals surface area contributed by atoms with Crippen molar-refractivity contribution in [1.82, 2.24) is 0 Å². The van der Waals surface area contributed by atoms with Crippen molar-refractivity contribution >= 4 is 33.0 Å². The molecular weight excluding hydrogens is 320 g/mol. The molecule has 2 N–H and O–H groups in total. The molecule has 0 radical (unpaired) electrons. The molecule has 6 heteroatoms. The average molecular weight is 337 g/mol. The summed E-state index contributed by atoms with van der Waals surface area (Å²) in [5.74, 6) is 0.